The molecular formula is C18H22N4O3. The highest BCUT2D eigenvalue weighted by Gasteiger charge is 2.34. The van der Waals surface area contributed by atoms with E-state index < -0.39 is 0 Å². The van der Waals surface area contributed by atoms with Crippen LogP contribution in [0.3, 0.4) is 0 Å². The van der Waals surface area contributed by atoms with E-state index in [4.69, 9.17) is 4.74 Å². The number of carbonyl (C=O) groups is 1. The van der Waals surface area contributed by atoms with Crippen molar-refractivity contribution in [2.45, 2.75) is 6.04 Å². The number of aromatic hydroxyl groups is 1. The molecule has 7 nitrogen and oxygen atoms in total. The van der Waals surface area contributed by atoms with Gasteiger partial charge in [-0.05, 0) is 25.2 Å². The van der Waals surface area contributed by atoms with Crippen LogP contribution in [-0.2, 0) is 4.74 Å². The first-order valence-electron chi connectivity index (χ1n) is 8.53. The SMILES string of the molecule is CN1C[C@H]2COC[C@@H]1CN(C(=O)c1cc(-c3ccccc3O)n[nH]1)C2. The van der Waals surface area contributed by atoms with Crippen molar-refractivity contribution in [3.8, 4) is 17.0 Å². The fourth-order valence-corrected chi connectivity index (χ4v) is 3.65. The molecule has 0 aliphatic carbocycles. The Labute approximate surface area is 146 Å². The number of fused-ring (bicyclic) bond motifs is 3. The fraction of sp³-hybridized carbons (Fsp3) is 0.444. The number of phenolic OH excluding ortho intramolecular Hbond substituents is 1. The van der Waals surface area contributed by atoms with Gasteiger partial charge in [0.1, 0.15) is 11.4 Å². The van der Waals surface area contributed by atoms with Crippen molar-refractivity contribution in [3.63, 3.8) is 0 Å². The van der Waals surface area contributed by atoms with E-state index in [1.54, 1.807) is 24.3 Å². The Balaban J connectivity index is 1.56. The summed E-state index contributed by atoms with van der Waals surface area (Å²) in [5.74, 6) is 0.416. The van der Waals surface area contributed by atoms with E-state index in [0.29, 0.717) is 49.2 Å². The third kappa shape index (κ3) is 3.12. The van der Waals surface area contributed by atoms with Crippen LogP contribution in [0.4, 0.5) is 0 Å². The molecule has 2 bridgehead atoms. The van der Waals surface area contributed by atoms with Crippen LogP contribution in [0.2, 0.25) is 0 Å². The van der Waals surface area contributed by atoms with Gasteiger partial charge in [0, 0.05) is 31.1 Å². The largest absolute Gasteiger partial charge is 0.507 e. The molecule has 1 amide bonds. The summed E-state index contributed by atoms with van der Waals surface area (Å²) in [6.07, 6.45) is 0. The summed E-state index contributed by atoms with van der Waals surface area (Å²) in [4.78, 5) is 17.1. The minimum atomic E-state index is -0.0543. The molecule has 1 aromatic heterocycles. The molecule has 1 aromatic carbocycles. The van der Waals surface area contributed by atoms with Crippen LogP contribution in [0, 0.1) is 5.92 Å². The molecule has 0 radical (unpaired) electrons. The van der Waals surface area contributed by atoms with E-state index in [1.165, 1.54) is 0 Å². The number of ether oxygens (including phenoxy) is 1. The molecule has 2 aliphatic rings. The normalized spacial score (nSPS) is 24.1. The van der Waals surface area contributed by atoms with Gasteiger partial charge in [0.2, 0.25) is 0 Å². The minimum Gasteiger partial charge on any atom is -0.507 e. The lowest BCUT2D eigenvalue weighted by Gasteiger charge is -2.29. The summed E-state index contributed by atoms with van der Waals surface area (Å²) in [7, 11) is 2.09. The summed E-state index contributed by atoms with van der Waals surface area (Å²) in [5, 5.41) is 17.0. The number of aromatic nitrogens is 2. The van der Waals surface area contributed by atoms with Crippen molar-refractivity contribution in [1.29, 1.82) is 0 Å². The van der Waals surface area contributed by atoms with Gasteiger partial charge in [0.15, 0.2) is 0 Å². The molecule has 2 N–H and O–H groups in total. The van der Waals surface area contributed by atoms with Gasteiger partial charge in [-0.25, -0.2) is 0 Å². The first kappa shape index (κ1) is 16.1. The zero-order valence-corrected chi connectivity index (χ0v) is 14.2. The Hall–Kier alpha value is -2.38. The lowest BCUT2D eigenvalue weighted by atomic mass is 10.1. The Bertz CT molecular complexity index is 775. The number of nitrogens with zero attached hydrogens (tertiary/aromatic N) is 3. The summed E-state index contributed by atoms with van der Waals surface area (Å²) in [6.45, 7) is 3.63. The Morgan fingerprint density at radius 3 is 2.96 bits per heavy atom. The molecule has 7 heteroatoms. The van der Waals surface area contributed by atoms with E-state index in [0.717, 1.165) is 6.54 Å². The van der Waals surface area contributed by atoms with Crippen LogP contribution in [0.1, 0.15) is 10.5 Å². The first-order valence-corrected chi connectivity index (χ1v) is 8.53. The zero-order valence-electron chi connectivity index (χ0n) is 14.2. The second-order valence-corrected chi connectivity index (χ2v) is 6.89. The van der Waals surface area contributed by atoms with Gasteiger partial charge in [-0.15, -0.1) is 0 Å². The van der Waals surface area contributed by atoms with Crippen LogP contribution in [0.25, 0.3) is 11.3 Å². The van der Waals surface area contributed by atoms with Crippen LogP contribution < -0.4 is 0 Å². The highest BCUT2D eigenvalue weighted by molar-refractivity contribution is 5.93. The quantitative estimate of drug-likeness (QED) is 0.857. The second-order valence-electron chi connectivity index (χ2n) is 6.89. The number of H-pyrrole nitrogens is 1. The average Bonchev–Trinajstić information content (AvgIpc) is 2.93. The van der Waals surface area contributed by atoms with Crippen LogP contribution in [0.15, 0.2) is 30.3 Å². The standard InChI is InChI=1S/C18H22N4O3/c1-21-7-12-8-22(9-13(21)11-25-10-12)18(24)16-6-15(19-20-16)14-4-2-3-5-17(14)23/h2-6,12-13,23H,7-11H2,1H3,(H,19,20)/t12-,13+/m1/s1. The number of hydrogen-bond donors (Lipinski definition) is 2. The molecule has 2 aliphatic heterocycles. The summed E-state index contributed by atoms with van der Waals surface area (Å²) >= 11 is 0. The molecule has 3 heterocycles. The highest BCUT2D eigenvalue weighted by atomic mass is 16.5. The maximum Gasteiger partial charge on any atom is 0.271 e. The number of phenols is 1. The van der Waals surface area contributed by atoms with Gasteiger partial charge in [0.05, 0.1) is 24.9 Å². The number of rotatable bonds is 2. The van der Waals surface area contributed by atoms with E-state index in [-0.39, 0.29) is 17.7 Å². The van der Waals surface area contributed by atoms with Crippen LogP contribution in [-0.4, -0.2) is 76.9 Å². The second kappa shape index (κ2) is 6.50. The third-order valence-electron chi connectivity index (χ3n) is 5.02. The van der Waals surface area contributed by atoms with Crippen molar-refractivity contribution in [2.24, 2.45) is 5.92 Å². The zero-order chi connectivity index (χ0) is 17.4. The molecule has 0 spiro atoms. The number of hydrogen-bond acceptors (Lipinski definition) is 5. The summed E-state index contributed by atoms with van der Waals surface area (Å²) < 4.78 is 5.71. The Morgan fingerprint density at radius 2 is 2.12 bits per heavy atom. The summed E-state index contributed by atoms with van der Waals surface area (Å²) in [5.41, 5.74) is 1.62. The van der Waals surface area contributed by atoms with Crippen LogP contribution in [0.5, 0.6) is 5.75 Å². The monoisotopic (exact) mass is 342 g/mol. The number of carbonyl (C=O) groups excluding carboxylic acids is 1. The lowest BCUT2D eigenvalue weighted by molar-refractivity contribution is 0.0430. The van der Waals surface area contributed by atoms with Crippen molar-refractivity contribution in [1.82, 2.24) is 20.0 Å². The lowest BCUT2D eigenvalue weighted by Crippen LogP contribution is -2.44. The minimum absolute atomic E-state index is 0.0543. The highest BCUT2D eigenvalue weighted by Crippen LogP contribution is 2.28. The van der Waals surface area contributed by atoms with Crippen molar-refractivity contribution in [2.75, 3.05) is 39.9 Å². The van der Waals surface area contributed by atoms with E-state index >= 15 is 0 Å². The van der Waals surface area contributed by atoms with Gasteiger partial charge in [-0.2, -0.15) is 5.10 Å². The van der Waals surface area contributed by atoms with Gasteiger partial charge < -0.3 is 14.7 Å². The molecule has 2 atom stereocenters. The average molecular weight is 342 g/mol. The van der Waals surface area contributed by atoms with Gasteiger partial charge in [0.25, 0.3) is 5.91 Å². The Kier molecular flexibility index (Phi) is 4.19. The number of nitrogens with one attached hydrogen (secondary N) is 1. The molecule has 25 heavy (non-hydrogen) atoms. The topological polar surface area (TPSA) is 81.7 Å². The van der Waals surface area contributed by atoms with Crippen LogP contribution >= 0.6 is 0 Å². The van der Waals surface area contributed by atoms with E-state index in [1.807, 2.05) is 11.0 Å². The molecule has 0 saturated carbocycles. The van der Waals surface area contributed by atoms with Gasteiger partial charge >= 0.3 is 0 Å². The smallest absolute Gasteiger partial charge is 0.271 e. The number of aromatic amines is 1. The molecule has 0 unspecified atom stereocenters. The van der Waals surface area contributed by atoms with Gasteiger partial charge in [-0.1, -0.05) is 12.1 Å². The van der Waals surface area contributed by atoms with Crippen molar-refractivity contribution < 1.29 is 14.6 Å². The molecular weight excluding hydrogens is 320 g/mol. The number of likely N-dealkylation sites (N-methyl/N-ethyl adjacent to an activating group) is 1. The number of benzene rings is 1. The summed E-state index contributed by atoms with van der Waals surface area (Å²) in [6, 6.07) is 8.90. The van der Waals surface area contributed by atoms with Crippen molar-refractivity contribution in [3.05, 3.63) is 36.0 Å². The first-order chi connectivity index (χ1) is 12.1. The maximum absolute atomic E-state index is 13.0. The fourth-order valence-electron chi connectivity index (χ4n) is 3.65. The number of para-hydroxylation sites is 1. The van der Waals surface area contributed by atoms with Crippen molar-refractivity contribution >= 4 is 5.91 Å². The number of amides is 1. The Morgan fingerprint density at radius 1 is 1.28 bits per heavy atom. The van der Waals surface area contributed by atoms with Gasteiger partial charge in [-0.3, -0.25) is 14.8 Å². The van der Waals surface area contributed by atoms with E-state index in [2.05, 4.69) is 22.1 Å². The molecule has 2 aromatic rings. The molecule has 4 rings (SSSR count). The maximum atomic E-state index is 13.0. The molecule has 2 fully saturated rings. The predicted molar refractivity (Wildman–Crippen MR) is 92.3 cm³/mol. The predicted octanol–water partition coefficient (Wildman–Crippen LogP) is 1.18. The molecule has 132 valence electrons. The third-order valence-corrected chi connectivity index (χ3v) is 5.02. The van der Waals surface area contributed by atoms with E-state index in [9.17, 15) is 9.90 Å². The molecule has 2 saturated heterocycles.